The number of aliphatic hydroxyl groups excluding tert-OH is 1. The van der Waals surface area contributed by atoms with Gasteiger partial charge in [-0.25, -0.2) is 0 Å². The molecule has 3 N–H and O–H groups in total. The van der Waals surface area contributed by atoms with Gasteiger partial charge in [0, 0.05) is 23.8 Å². The fourth-order valence-electron chi connectivity index (χ4n) is 2.72. The van der Waals surface area contributed by atoms with E-state index in [-0.39, 0.29) is 19.1 Å². The second-order valence-corrected chi connectivity index (χ2v) is 5.90. The smallest absolute Gasteiger partial charge is 0.251 e. The quantitative estimate of drug-likeness (QED) is 0.698. The fraction of sp³-hybridized carbons (Fsp3) is 0.350. The maximum absolute atomic E-state index is 12.2. The Bertz CT molecular complexity index is 656. The van der Waals surface area contributed by atoms with Gasteiger partial charge < -0.3 is 15.7 Å². The Morgan fingerprint density at radius 1 is 1.12 bits per heavy atom. The van der Waals surface area contributed by atoms with E-state index in [4.69, 9.17) is 5.11 Å². The predicted octanol–water partition coefficient (Wildman–Crippen LogP) is 3.15. The van der Waals surface area contributed by atoms with Crippen LogP contribution in [0.25, 0.3) is 0 Å². The van der Waals surface area contributed by atoms with Gasteiger partial charge >= 0.3 is 0 Å². The van der Waals surface area contributed by atoms with Crippen molar-refractivity contribution in [3.63, 3.8) is 0 Å². The number of carbonyl (C=O) groups excluding carboxylic acids is 1. The Morgan fingerprint density at radius 3 is 2.54 bits per heavy atom. The summed E-state index contributed by atoms with van der Waals surface area (Å²) >= 11 is 0. The van der Waals surface area contributed by atoms with Crippen molar-refractivity contribution in [3.8, 4) is 0 Å². The molecule has 1 amide bonds. The highest BCUT2D eigenvalue weighted by molar-refractivity contribution is 5.97. The molecule has 0 bridgehead atoms. The van der Waals surface area contributed by atoms with E-state index in [1.165, 1.54) is 5.56 Å². The maximum atomic E-state index is 12.2. The number of rotatable bonds is 8. The minimum atomic E-state index is -0.152. The van der Waals surface area contributed by atoms with Crippen LogP contribution in [0.5, 0.6) is 0 Å². The van der Waals surface area contributed by atoms with Crippen molar-refractivity contribution in [2.45, 2.75) is 32.7 Å². The maximum Gasteiger partial charge on any atom is 0.251 e. The molecule has 1 atom stereocenters. The van der Waals surface area contributed by atoms with Crippen molar-refractivity contribution in [1.82, 2.24) is 5.32 Å². The molecule has 2 aromatic rings. The first-order chi connectivity index (χ1) is 11.7. The molecule has 0 saturated carbocycles. The highest BCUT2D eigenvalue weighted by Crippen LogP contribution is 2.21. The van der Waals surface area contributed by atoms with Gasteiger partial charge in [-0.1, -0.05) is 43.3 Å². The molecule has 0 radical (unpaired) electrons. The molecule has 2 aromatic carbocycles. The molecular formula is C20H26N2O2. The van der Waals surface area contributed by atoms with E-state index in [0.29, 0.717) is 11.6 Å². The van der Waals surface area contributed by atoms with Gasteiger partial charge in [0.25, 0.3) is 5.91 Å². The Morgan fingerprint density at radius 2 is 1.88 bits per heavy atom. The van der Waals surface area contributed by atoms with Crippen LogP contribution < -0.4 is 10.6 Å². The number of carbonyl (C=O) groups is 1. The average molecular weight is 326 g/mol. The number of hydrogen-bond donors (Lipinski definition) is 3. The Balaban J connectivity index is 2.11. The third kappa shape index (κ3) is 4.83. The van der Waals surface area contributed by atoms with E-state index in [9.17, 15) is 4.79 Å². The van der Waals surface area contributed by atoms with E-state index in [0.717, 1.165) is 24.1 Å². The number of anilines is 1. The molecule has 1 unspecified atom stereocenters. The van der Waals surface area contributed by atoms with Crippen molar-refractivity contribution in [2.75, 3.05) is 18.5 Å². The molecule has 128 valence electrons. The molecule has 24 heavy (non-hydrogen) atoms. The SMILES string of the molecule is CCC(Cc1ccccc1)Nc1cccc(C(=O)NCCO)c1C. The number of nitrogens with one attached hydrogen (secondary N) is 2. The lowest BCUT2D eigenvalue weighted by atomic mass is 10.0. The first-order valence-corrected chi connectivity index (χ1v) is 8.44. The summed E-state index contributed by atoms with van der Waals surface area (Å²) in [4.78, 5) is 12.2. The molecule has 4 nitrogen and oxygen atoms in total. The number of aliphatic hydroxyl groups is 1. The Hall–Kier alpha value is -2.33. The Kier molecular flexibility index (Phi) is 6.82. The van der Waals surface area contributed by atoms with Crippen LogP contribution in [-0.2, 0) is 6.42 Å². The molecular weight excluding hydrogens is 300 g/mol. The zero-order valence-electron chi connectivity index (χ0n) is 14.4. The van der Waals surface area contributed by atoms with Crippen LogP contribution in [-0.4, -0.2) is 30.2 Å². The molecule has 0 aromatic heterocycles. The standard InChI is InChI=1S/C20H26N2O2/c1-3-17(14-16-8-5-4-6-9-16)22-19-11-7-10-18(15(19)2)20(24)21-12-13-23/h4-11,17,22-23H,3,12-14H2,1-2H3,(H,21,24). The van der Waals surface area contributed by atoms with E-state index < -0.39 is 0 Å². The van der Waals surface area contributed by atoms with Crippen LogP contribution in [0.15, 0.2) is 48.5 Å². The minimum absolute atomic E-state index is 0.0578. The lowest BCUT2D eigenvalue weighted by molar-refractivity contribution is 0.0944. The van der Waals surface area contributed by atoms with Crippen LogP contribution in [0.1, 0.15) is 34.8 Å². The van der Waals surface area contributed by atoms with Crippen molar-refractivity contribution < 1.29 is 9.90 Å². The normalized spacial score (nSPS) is 11.8. The highest BCUT2D eigenvalue weighted by Gasteiger charge is 2.14. The molecule has 2 rings (SSSR count). The molecule has 0 aliphatic rings. The molecule has 0 heterocycles. The lowest BCUT2D eigenvalue weighted by Crippen LogP contribution is -2.27. The number of benzene rings is 2. The Labute approximate surface area is 143 Å². The van der Waals surface area contributed by atoms with Gasteiger partial charge in [-0.05, 0) is 43.0 Å². The molecule has 0 aliphatic heterocycles. The van der Waals surface area contributed by atoms with Crippen LogP contribution in [0.2, 0.25) is 0 Å². The van der Waals surface area contributed by atoms with Crippen LogP contribution >= 0.6 is 0 Å². The summed E-state index contributed by atoms with van der Waals surface area (Å²) < 4.78 is 0. The second kappa shape index (κ2) is 9.08. The average Bonchev–Trinajstić information content (AvgIpc) is 2.61. The topological polar surface area (TPSA) is 61.4 Å². The van der Waals surface area contributed by atoms with Crippen molar-refractivity contribution in [3.05, 3.63) is 65.2 Å². The van der Waals surface area contributed by atoms with Gasteiger partial charge in [-0.3, -0.25) is 4.79 Å². The van der Waals surface area contributed by atoms with Gasteiger partial charge in [0.2, 0.25) is 0 Å². The van der Waals surface area contributed by atoms with Crippen molar-refractivity contribution in [2.24, 2.45) is 0 Å². The highest BCUT2D eigenvalue weighted by atomic mass is 16.3. The fourth-order valence-corrected chi connectivity index (χ4v) is 2.72. The molecule has 4 heteroatoms. The van der Waals surface area contributed by atoms with Gasteiger partial charge in [0.1, 0.15) is 0 Å². The van der Waals surface area contributed by atoms with E-state index >= 15 is 0 Å². The summed E-state index contributed by atoms with van der Waals surface area (Å²) in [6.07, 6.45) is 1.94. The summed E-state index contributed by atoms with van der Waals surface area (Å²) in [7, 11) is 0. The summed E-state index contributed by atoms with van der Waals surface area (Å²) in [5, 5.41) is 15.1. The summed E-state index contributed by atoms with van der Waals surface area (Å²) in [5.41, 5.74) is 3.85. The monoisotopic (exact) mass is 326 g/mol. The molecule has 0 fully saturated rings. The molecule has 0 saturated heterocycles. The summed E-state index contributed by atoms with van der Waals surface area (Å²) in [6, 6.07) is 16.4. The third-order valence-corrected chi connectivity index (χ3v) is 4.15. The number of hydrogen-bond acceptors (Lipinski definition) is 3. The lowest BCUT2D eigenvalue weighted by Gasteiger charge is -2.21. The predicted molar refractivity (Wildman–Crippen MR) is 98.4 cm³/mol. The summed E-state index contributed by atoms with van der Waals surface area (Å²) in [5.74, 6) is -0.152. The third-order valence-electron chi connectivity index (χ3n) is 4.15. The van der Waals surface area contributed by atoms with Gasteiger partial charge in [0.05, 0.1) is 6.61 Å². The van der Waals surface area contributed by atoms with Crippen LogP contribution in [0, 0.1) is 6.92 Å². The van der Waals surface area contributed by atoms with E-state index in [1.807, 2.05) is 31.2 Å². The van der Waals surface area contributed by atoms with Gasteiger partial charge in [0.15, 0.2) is 0 Å². The minimum Gasteiger partial charge on any atom is -0.395 e. The largest absolute Gasteiger partial charge is 0.395 e. The second-order valence-electron chi connectivity index (χ2n) is 5.90. The van der Waals surface area contributed by atoms with Gasteiger partial charge in [-0.2, -0.15) is 0 Å². The van der Waals surface area contributed by atoms with Crippen molar-refractivity contribution in [1.29, 1.82) is 0 Å². The first-order valence-electron chi connectivity index (χ1n) is 8.44. The molecule has 0 aliphatic carbocycles. The van der Waals surface area contributed by atoms with Crippen LogP contribution in [0.4, 0.5) is 5.69 Å². The zero-order chi connectivity index (χ0) is 17.4. The van der Waals surface area contributed by atoms with Crippen LogP contribution in [0.3, 0.4) is 0 Å². The van der Waals surface area contributed by atoms with E-state index in [1.54, 1.807) is 0 Å². The summed E-state index contributed by atoms with van der Waals surface area (Å²) in [6.45, 7) is 4.32. The van der Waals surface area contributed by atoms with Crippen molar-refractivity contribution >= 4 is 11.6 Å². The van der Waals surface area contributed by atoms with Gasteiger partial charge in [-0.15, -0.1) is 0 Å². The van der Waals surface area contributed by atoms with E-state index in [2.05, 4.69) is 41.8 Å². The first kappa shape index (κ1) is 18.0. The molecule has 0 spiro atoms. The number of amides is 1. The zero-order valence-corrected chi connectivity index (χ0v) is 14.4.